The van der Waals surface area contributed by atoms with Crippen molar-refractivity contribution in [2.75, 3.05) is 26.2 Å². The van der Waals surface area contributed by atoms with Crippen molar-refractivity contribution in [3.8, 4) is 0 Å². The normalized spacial score (nSPS) is 23.1. The van der Waals surface area contributed by atoms with Gasteiger partial charge in [-0.25, -0.2) is 9.34 Å². The van der Waals surface area contributed by atoms with E-state index in [2.05, 4.69) is 72.9 Å². The van der Waals surface area contributed by atoms with Gasteiger partial charge in [0.25, 0.3) is 0 Å². The van der Waals surface area contributed by atoms with Crippen molar-refractivity contribution in [1.29, 1.82) is 0 Å². The fourth-order valence-corrected chi connectivity index (χ4v) is 5.63. The minimum Gasteiger partial charge on any atom is -0.374 e. The molecule has 4 nitrogen and oxygen atoms in total. The van der Waals surface area contributed by atoms with Gasteiger partial charge in [-0.3, -0.25) is 0 Å². The maximum absolute atomic E-state index is 2.71. The summed E-state index contributed by atoms with van der Waals surface area (Å²) in [4.78, 5) is 2.48. The Morgan fingerprint density at radius 1 is 0.700 bits per heavy atom. The molecule has 0 aromatic rings. The van der Waals surface area contributed by atoms with Gasteiger partial charge in [0, 0.05) is 56.7 Å². The summed E-state index contributed by atoms with van der Waals surface area (Å²) in [5.74, 6) is 0. The van der Waals surface area contributed by atoms with Gasteiger partial charge in [-0.05, 0) is 41.5 Å². The molecule has 0 saturated carbocycles. The van der Waals surface area contributed by atoms with Crippen molar-refractivity contribution in [3.05, 3.63) is 12.4 Å². The monoisotopic (exact) mass is 298 g/mol. The Balaban J connectivity index is 2.42. The Morgan fingerprint density at radius 2 is 1.20 bits per heavy atom. The maximum atomic E-state index is 2.71. The van der Waals surface area contributed by atoms with Crippen LogP contribution >= 0.6 is 8.37 Å². The van der Waals surface area contributed by atoms with Crippen LogP contribution in [0.2, 0.25) is 0 Å². The van der Waals surface area contributed by atoms with Crippen LogP contribution in [0, 0.1) is 0 Å². The molecule has 116 valence electrons. The Kier molecular flexibility index (Phi) is 5.33. The van der Waals surface area contributed by atoms with E-state index < -0.39 is 8.37 Å². The summed E-state index contributed by atoms with van der Waals surface area (Å²) < 4.78 is 8.01. The fraction of sp³-hybridized carbons (Fsp3) is 0.867. The molecule has 3 aliphatic heterocycles. The largest absolute Gasteiger partial charge is 0.374 e. The molecule has 1 saturated heterocycles. The molecule has 3 aliphatic rings. The van der Waals surface area contributed by atoms with Crippen LogP contribution in [-0.2, 0) is 0 Å². The second kappa shape index (κ2) is 6.64. The molecule has 1 fully saturated rings. The van der Waals surface area contributed by atoms with E-state index in [1.807, 2.05) is 0 Å². The van der Waals surface area contributed by atoms with Crippen LogP contribution < -0.4 is 0 Å². The summed E-state index contributed by atoms with van der Waals surface area (Å²) in [6, 6.07) is 1.73. The third kappa shape index (κ3) is 3.29. The first-order valence-electron chi connectivity index (χ1n) is 7.95. The molecule has 0 atom stereocenters. The molecular formula is C15H31N4P. The van der Waals surface area contributed by atoms with Gasteiger partial charge in [-0.15, -0.1) is 0 Å². The Hall–Kier alpha value is -0.310. The average molecular weight is 298 g/mol. The summed E-state index contributed by atoms with van der Waals surface area (Å²) in [5, 5.41) is 0. The molecule has 0 aromatic carbocycles. The van der Waals surface area contributed by atoms with Gasteiger partial charge in [-0.1, -0.05) is 0 Å². The zero-order valence-electron chi connectivity index (χ0n) is 14.0. The van der Waals surface area contributed by atoms with Crippen molar-refractivity contribution in [2.24, 2.45) is 0 Å². The van der Waals surface area contributed by atoms with E-state index in [1.54, 1.807) is 0 Å². The van der Waals surface area contributed by atoms with Gasteiger partial charge in [-0.2, -0.15) is 0 Å². The highest BCUT2D eigenvalue weighted by molar-refractivity contribution is 7.50. The predicted octanol–water partition coefficient (Wildman–Crippen LogP) is 3.14. The standard InChI is InChI=1S/C15H31N4P/c1-13(2)17-10-7-16-8-11-18(14(3)4)20(17)19(12-9-16)15(5)6/h7,10,13-15H,8-9,11-12H2,1-6H3. The quantitative estimate of drug-likeness (QED) is 0.742. The first kappa shape index (κ1) is 16.1. The minimum atomic E-state index is -0.400. The van der Waals surface area contributed by atoms with E-state index >= 15 is 0 Å². The first-order chi connectivity index (χ1) is 9.41. The van der Waals surface area contributed by atoms with Crippen LogP contribution in [0.3, 0.4) is 0 Å². The number of fused-ring (bicyclic) bond motifs is 5. The van der Waals surface area contributed by atoms with Crippen molar-refractivity contribution in [1.82, 2.24) is 18.9 Å². The smallest absolute Gasteiger partial charge is 0.149 e. The molecule has 0 unspecified atom stereocenters. The van der Waals surface area contributed by atoms with E-state index in [9.17, 15) is 0 Å². The van der Waals surface area contributed by atoms with Gasteiger partial charge in [0.15, 0.2) is 0 Å². The van der Waals surface area contributed by atoms with E-state index in [0.717, 1.165) is 13.1 Å². The summed E-state index contributed by atoms with van der Waals surface area (Å²) in [6.07, 6.45) is 4.64. The fourth-order valence-electron chi connectivity index (χ4n) is 2.84. The minimum absolute atomic E-state index is 0.400. The van der Waals surface area contributed by atoms with Crippen LogP contribution in [0.15, 0.2) is 12.4 Å². The van der Waals surface area contributed by atoms with Crippen LogP contribution in [0.5, 0.6) is 0 Å². The third-order valence-corrected chi connectivity index (χ3v) is 7.30. The van der Waals surface area contributed by atoms with Crippen LogP contribution in [0.25, 0.3) is 0 Å². The Morgan fingerprint density at radius 3 is 1.60 bits per heavy atom. The molecule has 0 amide bonds. The predicted molar refractivity (Wildman–Crippen MR) is 88.3 cm³/mol. The number of rotatable bonds is 3. The number of hydrogen-bond donors (Lipinski definition) is 0. The first-order valence-corrected chi connectivity index (χ1v) is 9.15. The second-order valence-corrected chi connectivity index (χ2v) is 8.62. The SMILES string of the molecule is CC(C)N1C=CN2CCN(C(C)C)P1N(C(C)C)CC2. The van der Waals surface area contributed by atoms with Gasteiger partial charge in [0.2, 0.25) is 0 Å². The zero-order valence-corrected chi connectivity index (χ0v) is 14.8. The van der Waals surface area contributed by atoms with Crippen molar-refractivity contribution < 1.29 is 0 Å². The highest BCUT2D eigenvalue weighted by Crippen LogP contribution is 2.52. The summed E-state index contributed by atoms with van der Waals surface area (Å²) in [7, 11) is -0.400. The van der Waals surface area contributed by atoms with Crippen LogP contribution in [0.4, 0.5) is 0 Å². The molecule has 5 heteroatoms. The molecule has 0 aromatic heterocycles. The Labute approximate surface area is 126 Å². The maximum Gasteiger partial charge on any atom is 0.149 e. The number of nitrogens with zero attached hydrogens (tertiary/aromatic N) is 4. The summed E-state index contributed by atoms with van der Waals surface area (Å²) in [6.45, 7) is 18.6. The van der Waals surface area contributed by atoms with Crippen molar-refractivity contribution >= 4 is 8.37 Å². The Bertz CT molecular complexity index is 323. The topological polar surface area (TPSA) is 13.0 Å². The molecule has 20 heavy (non-hydrogen) atoms. The lowest BCUT2D eigenvalue weighted by Gasteiger charge is -2.52. The molecule has 0 N–H and O–H groups in total. The molecular weight excluding hydrogens is 267 g/mol. The lowest BCUT2D eigenvalue weighted by Crippen LogP contribution is -2.51. The van der Waals surface area contributed by atoms with Crippen LogP contribution in [0.1, 0.15) is 41.5 Å². The highest BCUT2D eigenvalue weighted by Gasteiger charge is 2.37. The van der Waals surface area contributed by atoms with E-state index in [1.165, 1.54) is 13.1 Å². The van der Waals surface area contributed by atoms with Gasteiger partial charge in [0.05, 0.1) is 0 Å². The summed E-state index contributed by atoms with van der Waals surface area (Å²) >= 11 is 0. The van der Waals surface area contributed by atoms with Crippen molar-refractivity contribution in [3.63, 3.8) is 0 Å². The molecule has 3 rings (SSSR count). The lowest BCUT2D eigenvalue weighted by atomic mass is 10.3. The molecule has 0 aliphatic carbocycles. The average Bonchev–Trinajstić information content (AvgIpc) is 2.25. The van der Waals surface area contributed by atoms with E-state index in [4.69, 9.17) is 0 Å². The molecule has 0 spiro atoms. The second-order valence-electron chi connectivity index (χ2n) is 6.59. The van der Waals surface area contributed by atoms with E-state index in [-0.39, 0.29) is 0 Å². The molecule has 2 bridgehead atoms. The molecule has 0 radical (unpaired) electrons. The van der Waals surface area contributed by atoms with Gasteiger partial charge >= 0.3 is 0 Å². The lowest BCUT2D eigenvalue weighted by molar-refractivity contribution is 0.200. The third-order valence-electron chi connectivity index (χ3n) is 4.05. The van der Waals surface area contributed by atoms with Crippen molar-refractivity contribution in [2.45, 2.75) is 59.7 Å². The highest BCUT2D eigenvalue weighted by atomic mass is 31.2. The van der Waals surface area contributed by atoms with Crippen LogP contribution in [-0.4, -0.2) is 63.2 Å². The van der Waals surface area contributed by atoms with Gasteiger partial charge < -0.3 is 9.57 Å². The molecule has 3 heterocycles. The number of hydrogen-bond acceptors (Lipinski definition) is 4. The summed E-state index contributed by atoms with van der Waals surface area (Å²) in [5.41, 5.74) is 0. The zero-order chi connectivity index (χ0) is 14.9. The van der Waals surface area contributed by atoms with Gasteiger partial charge in [0.1, 0.15) is 8.37 Å². The van der Waals surface area contributed by atoms with E-state index in [0.29, 0.717) is 18.1 Å².